The van der Waals surface area contributed by atoms with Crippen LogP contribution < -0.4 is 10.1 Å². The van der Waals surface area contributed by atoms with Crippen LogP contribution >= 0.6 is 11.6 Å². The minimum Gasteiger partial charge on any atom is -0.481 e. The Morgan fingerprint density at radius 3 is 2.65 bits per heavy atom. The molecule has 0 saturated carbocycles. The minimum atomic E-state index is -0.771. The molecule has 1 N–H and O–H groups in total. The number of nitrogens with zero attached hydrogens (tertiary/aromatic N) is 1. The second-order valence-corrected chi connectivity index (χ2v) is 6.72. The molecule has 0 unspecified atom stereocenters. The Balaban J connectivity index is 1.68. The van der Waals surface area contributed by atoms with Gasteiger partial charge in [0, 0.05) is 12.1 Å². The number of hydrogen-bond donors (Lipinski definition) is 1. The molecule has 136 valence electrons. The topological polar surface area (TPSA) is 81.5 Å². The number of rotatable bonds is 5. The molecule has 0 aliphatic heterocycles. The Bertz CT molecular complexity index is 853. The first kappa shape index (κ1) is 18.2. The second kappa shape index (κ2) is 7.74. The van der Waals surface area contributed by atoms with Crippen LogP contribution in [0.2, 0.25) is 5.02 Å². The summed E-state index contributed by atoms with van der Waals surface area (Å²) in [4.78, 5) is 22.7. The lowest BCUT2D eigenvalue weighted by atomic mass is 9.92. The van der Waals surface area contributed by atoms with Gasteiger partial charge in [0.25, 0.3) is 11.6 Å². The van der Waals surface area contributed by atoms with Crippen molar-refractivity contribution in [2.24, 2.45) is 0 Å². The molecule has 6 nitrogen and oxygen atoms in total. The number of amides is 1. The van der Waals surface area contributed by atoms with E-state index in [0.717, 1.165) is 19.3 Å². The van der Waals surface area contributed by atoms with E-state index < -0.39 is 16.9 Å². The van der Waals surface area contributed by atoms with Gasteiger partial charge in [0.15, 0.2) is 6.10 Å². The smallest absolute Gasteiger partial charge is 0.271 e. The number of nitro groups is 1. The number of ether oxygens (including phenoxy) is 1. The summed E-state index contributed by atoms with van der Waals surface area (Å²) in [7, 11) is 0. The number of aryl methyl sites for hydroxylation is 2. The Morgan fingerprint density at radius 1 is 1.19 bits per heavy atom. The maximum absolute atomic E-state index is 12.4. The first-order chi connectivity index (χ1) is 12.4. The van der Waals surface area contributed by atoms with Crippen LogP contribution in [0.4, 0.5) is 11.4 Å². The summed E-state index contributed by atoms with van der Waals surface area (Å²) in [5.74, 6) is 0.212. The van der Waals surface area contributed by atoms with E-state index >= 15 is 0 Å². The molecule has 0 heterocycles. The second-order valence-electron chi connectivity index (χ2n) is 6.31. The van der Waals surface area contributed by atoms with Crippen molar-refractivity contribution in [2.45, 2.75) is 38.7 Å². The fourth-order valence-electron chi connectivity index (χ4n) is 3.00. The van der Waals surface area contributed by atoms with Gasteiger partial charge in [0.2, 0.25) is 0 Å². The van der Waals surface area contributed by atoms with E-state index in [-0.39, 0.29) is 16.4 Å². The highest BCUT2D eigenvalue weighted by Crippen LogP contribution is 2.28. The highest BCUT2D eigenvalue weighted by atomic mass is 35.5. The SMILES string of the molecule is C[C@H](Oc1ccc2c(c1)CCCC2)C(=O)Nc1cc([N+](=O)[O-])ccc1Cl. The number of carbonyl (C=O) groups is 1. The summed E-state index contributed by atoms with van der Waals surface area (Å²) in [5, 5.41) is 13.7. The monoisotopic (exact) mass is 374 g/mol. The largest absolute Gasteiger partial charge is 0.481 e. The zero-order chi connectivity index (χ0) is 18.7. The Morgan fingerprint density at radius 2 is 1.92 bits per heavy atom. The van der Waals surface area contributed by atoms with Crippen molar-refractivity contribution in [3.05, 3.63) is 62.7 Å². The maximum atomic E-state index is 12.4. The predicted octanol–water partition coefficient (Wildman–Crippen LogP) is 4.53. The zero-order valence-electron chi connectivity index (χ0n) is 14.3. The van der Waals surface area contributed by atoms with Crippen LogP contribution in [0.15, 0.2) is 36.4 Å². The number of carbonyl (C=O) groups excluding carboxylic acids is 1. The van der Waals surface area contributed by atoms with Crippen LogP contribution in [0.3, 0.4) is 0 Å². The lowest BCUT2D eigenvalue weighted by Crippen LogP contribution is -2.30. The number of benzene rings is 2. The van der Waals surface area contributed by atoms with E-state index in [2.05, 4.69) is 5.32 Å². The average molecular weight is 375 g/mol. The number of nitrogens with one attached hydrogen (secondary N) is 1. The summed E-state index contributed by atoms with van der Waals surface area (Å²) < 4.78 is 5.74. The molecule has 2 aromatic carbocycles. The van der Waals surface area contributed by atoms with E-state index in [0.29, 0.717) is 5.75 Å². The first-order valence-corrected chi connectivity index (χ1v) is 8.85. The minimum absolute atomic E-state index is 0.145. The highest BCUT2D eigenvalue weighted by Gasteiger charge is 2.19. The number of anilines is 1. The Kier molecular flexibility index (Phi) is 5.42. The van der Waals surface area contributed by atoms with Gasteiger partial charge in [-0.25, -0.2) is 0 Å². The van der Waals surface area contributed by atoms with Crippen LogP contribution in [0.25, 0.3) is 0 Å². The standard InChI is InChI=1S/C19H19ClN2O4/c1-12(26-16-8-6-13-4-2-3-5-14(13)10-16)19(23)21-18-11-15(22(24)25)7-9-17(18)20/h6-12H,2-5H2,1H3,(H,21,23)/t12-/m0/s1. The van der Waals surface area contributed by atoms with Gasteiger partial charge in [-0.15, -0.1) is 0 Å². The Labute approximate surface area is 156 Å². The van der Waals surface area contributed by atoms with E-state index in [1.165, 1.54) is 35.7 Å². The third-order valence-corrected chi connectivity index (χ3v) is 4.75. The molecule has 0 spiro atoms. The maximum Gasteiger partial charge on any atom is 0.271 e. The summed E-state index contributed by atoms with van der Waals surface area (Å²) >= 11 is 6.01. The van der Waals surface area contributed by atoms with Gasteiger partial charge in [-0.2, -0.15) is 0 Å². The molecule has 1 aliphatic rings. The molecule has 2 aromatic rings. The number of hydrogen-bond acceptors (Lipinski definition) is 4. The number of nitro benzene ring substituents is 1. The third-order valence-electron chi connectivity index (χ3n) is 4.42. The van der Waals surface area contributed by atoms with E-state index in [9.17, 15) is 14.9 Å². The molecule has 26 heavy (non-hydrogen) atoms. The normalized spacial score (nSPS) is 14.2. The summed E-state index contributed by atoms with van der Waals surface area (Å²) in [6.07, 6.45) is 3.70. The van der Waals surface area contributed by atoms with Crippen molar-refractivity contribution >= 4 is 28.9 Å². The van der Waals surface area contributed by atoms with Crippen LogP contribution in [0, 0.1) is 10.1 Å². The van der Waals surface area contributed by atoms with Crippen LogP contribution in [0.5, 0.6) is 5.75 Å². The average Bonchev–Trinajstić information content (AvgIpc) is 2.63. The molecule has 0 saturated heterocycles. The molecule has 7 heteroatoms. The number of halogens is 1. The molecular weight excluding hydrogens is 356 g/mol. The zero-order valence-corrected chi connectivity index (χ0v) is 15.1. The van der Waals surface area contributed by atoms with Crippen molar-refractivity contribution in [1.82, 2.24) is 0 Å². The number of non-ortho nitro benzene ring substituents is 1. The molecule has 1 aliphatic carbocycles. The van der Waals surface area contributed by atoms with Crippen molar-refractivity contribution in [2.75, 3.05) is 5.32 Å². The molecular formula is C19H19ClN2O4. The highest BCUT2D eigenvalue weighted by molar-refractivity contribution is 6.33. The summed E-state index contributed by atoms with van der Waals surface area (Å²) in [5.41, 5.74) is 2.65. The van der Waals surface area contributed by atoms with E-state index in [4.69, 9.17) is 16.3 Å². The quantitative estimate of drug-likeness (QED) is 0.615. The van der Waals surface area contributed by atoms with Gasteiger partial charge in [0.1, 0.15) is 5.75 Å². The molecule has 0 radical (unpaired) electrons. The van der Waals surface area contributed by atoms with Gasteiger partial charge >= 0.3 is 0 Å². The molecule has 0 aromatic heterocycles. The van der Waals surface area contributed by atoms with Crippen molar-refractivity contribution < 1.29 is 14.5 Å². The van der Waals surface area contributed by atoms with Gasteiger partial charge in [-0.05, 0) is 61.9 Å². The lowest BCUT2D eigenvalue weighted by molar-refractivity contribution is -0.384. The molecule has 1 atom stereocenters. The Hall–Kier alpha value is -2.60. The fourth-order valence-corrected chi connectivity index (χ4v) is 3.16. The van der Waals surface area contributed by atoms with Gasteiger partial charge in [-0.3, -0.25) is 14.9 Å². The molecule has 0 bridgehead atoms. The van der Waals surface area contributed by atoms with Crippen LogP contribution in [-0.2, 0) is 17.6 Å². The molecule has 3 rings (SSSR count). The van der Waals surface area contributed by atoms with Crippen molar-refractivity contribution in [3.63, 3.8) is 0 Å². The third kappa shape index (κ3) is 4.14. The van der Waals surface area contributed by atoms with E-state index in [1.807, 2.05) is 18.2 Å². The van der Waals surface area contributed by atoms with Gasteiger partial charge in [0.05, 0.1) is 15.6 Å². The van der Waals surface area contributed by atoms with E-state index in [1.54, 1.807) is 6.92 Å². The van der Waals surface area contributed by atoms with Gasteiger partial charge in [-0.1, -0.05) is 17.7 Å². The van der Waals surface area contributed by atoms with Gasteiger partial charge < -0.3 is 10.1 Å². The van der Waals surface area contributed by atoms with Crippen LogP contribution in [0.1, 0.15) is 30.9 Å². The number of fused-ring (bicyclic) bond motifs is 1. The molecule has 1 amide bonds. The van der Waals surface area contributed by atoms with Crippen molar-refractivity contribution in [1.29, 1.82) is 0 Å². The fraction of sp³-hybridized carbons (Fsp3) is 0.316. The summed E-state index contributed by atoms with van der Waals surface area (Å²) in [6.45, 7) is 1.63. The van der Waals surface area contributed by atoms with Crippen LogP contribution in [-0.4, -0.2) is 16.9 Å². The van der Waals surface area contributed by atoms with Crippen molar-refractivity contribution in [3.8, 4) is 5.75 Å². The first-order valence-electron chi connectivity index (χ1n) is 8.47. The predicted molar refractivity (Wildman–Crippen MR) is 99.9 cm³/mol. The summed E-state index contributed by atoms with van der Waals surface area (Å²) in [6, 6.07) is 9.79. The molecule has 0 fully saturated rings. The lowest BCUT2D eigenvalue weighted by Gasteiger charge is -2.19.